The number of carboxylic acids is 1. The minimum Gasteiger partial charge on any atom is -0.494 e. The second-order valence-electron chi connectivity index (χ2n) is 8.08. The third-order valence-corrected chi connectivity index (χ3v) is 5.88. The molecule has 1 aromatic carbocycles. The molecule has 7 nitrogen and oxygen atoms in total. The quantitative estimate of drug-likeness (QED) is 0.810. The number of urea groups is 1. The Balaban J connectivity index is 1.42. The molecule has 0 aromatic heterocycles. The van der Waals surface area contributed by atoms with Crippen molar-refractivity contribution in [2.45, 2.75) is 57.6 Å². The molecule has 1 saturated carbocycles. The Morgan fingerprint density at radius 1 is 1.39 bits per heavy atom. The number of nitrogens with one attached hydrogen (secondary N) is 1. The lowest BCUT2D eigenvalue weighted by Gasteiger charge is -2.30. The summed E-state index contributed by atoms with van der Waals surface area (Å²) in [5, 5.41) is 12.3. The van der Waals surface area contributed by atoms with Gasteiger partial charge in [0.2, 0.25) is 0 Å². The zero-order chi connectivity index (χ0) is 19.8. The number of carbonyl (C=O) groups excluding carboxylic acids is 1. The Hall–Kier alpha value is -2.44. The van der Waals surface area contributed by atoms with Crippen LogP contribution in [0.15, 0.2) is 12.1 Å². The van der Waals surface area contributed by atoms with Crippen LogP contribution in [0.5, 0.6) is 11.5 Å². The highest BCUT2D eigenvalue weighted by Gasteiger charge is 2.43. The van der Waals surface area contributed by atoms with Gasteiger partial charge in [-0.3, -0.25) is 4.79 Å². The number of piperidine rings is 1. The second-order valence-corrected chi connectivity index (χ2v) is 8.08. The monoisotopic (exact) mass is 388 g/mol. The van der Waals surface area contributed by atoms with Gasteiger partial charge in [0.25, 0.3) is 0 Å². The van der Waals surface area contributed by atoms with Crippen molar-refractivity contribution in [1.82, 2.24) is 10.2 Å². The SMILES string of the molecule is CCOc1cc2c(cc1C1CC1NC(=O)N1CCCC(C(=O)O)C1)OC(C)C2. The molecule has 2 N–H and O–H groups in total. The molecule has 2 heterocycles. The lowest BCUT2D eigenvalue weighted by atomic mass is 9.99. The number of hydrogen-bond donors (Lipinski definition) is 2. The second kappa shape index (κ2) is 7.53. The van der Waals surface area contributed by atoms with Crippen molar-refractivity contribution in [3.05, 3.63) is 23.3 Å². The van der Waals surface area contributed by atoms with E-state index in [1.165, 1.54) is 5.56 Å². The minimum absolute atomic E-state index is 0.0498. The van der Waals surface area contributed by atoms with Crippen molar-refractivity contribution in [2.75, 3.05) is 19.7 Å². The first-order chi connectivity index (χ1) is 13.5. The molecule has 4 rings (SSSR count). The van der Waals surface area contributed by atoms with E-state index >= 15 is 0 Å². The van der Waals surface area contributed by atoms with E-state index in [2.05, 4.69) is 24.4 Å². The van der Waals surface area contributed by atoms with E-state index in [9.17, 15) is 14.7 Å². The van der Waals surface area contributed by atoms with Gasteiger partial charge in [0.05, 0.1) is 12.5 Å². The Morgan fingerprint density at radius 3 is 2.96 bits per heavy atom. The number of fused-ring (bicyclic) bond motifs is 1. The molecule has 4 unspecified atom stereocenters. The van der Waals surface area contributed by atoms with Crippen LogP contribution < -0.4 is 14.8 Å². The number of likely N-dealkylation sites (tertiary alicyclic amines) is 1. The lowest BCUT2D eigenvalue weighted by Crippen LogP contribution is -2.47. The molecule has 1 aromatic rings. The van der Waals surface area contributed by atoms with E-state index in [1.54, 1.807) is 4.90 Å². The summed E-state index contributed by atoms with van der Waals surface area (Å²) >= 11 is 0. The Labute approximate surface area is 165 Å². The maximum absolute atomic E-state index is 12.6. The lowest BCUT2D eigenvalue weighted by molar-refractivity contribution is -0.143. The Morgan fingerprint density at radius 2 is 2.21 bits per heavy atom. The predicted octanol–water partition coefficient (Wildman–Crippen LogP) is 2.77. The third-order valence-electron chi connectivity index (χ3n) is 5.88. The number of carbonyl (C=O) groups is 2. The predicted molar refractivity (Wildman–Crippen MR) is 103 cm³/mol. The van der Waals surface area contributed by atoms with Crippen molar-refractivity contribution in [2.24, 2.45) is 5.92 Å². The fourth-order valence-electron chi connectivity index (χ4n) is 4.34. The molecule has 2 fully saturated rings. The van der Waals surface area contributed by atoms with E-state index < -0.39 is 11.9 Å². The van der Waals surface area contributed by atoms with Crippen molar-refractivity contribution < 1.29 is 24.2 Å². The van der Waals surface area contributed by atoms with E-state index in [0.29, 0.717) is 19.6 Å². The summed E-state index contributed by atoms with van der Waals surface area (Å²) in [5.74, 6) is 0.716. The largest absolute Gasteiger partial charge is 0.494 e. The molecule has 4 atom stereocenters. The highest BCUT2D eigenvalue weighted by Crippen LogP contribution is 2.48. The molecule has 7 heteroatoms. The Bertz CT molecular complexity index is 780. The minimum atomic E-state index is -0.824. The summed E-state index contributed by atoms with van der Waals surface area (Å²) in [6.07, 6.45) is 3.29. The van der Waals surface area contributed by atoms with Crippen LogP contribution in [0.3, 0.4) is 0 Å². The molecule has 0 spiro atoms. The van der Waals surface area contributed by atoms with E-state index in [-0.39, 0.29) is 30.6 Å². The first-order valence-corrected chi connectivity index (χ1v) is 10.2. The number of hydrogen-bond acceptors (Lipinski definition) is 4. The smallest absolute Gasteiger partial charge is 0.317 e. The standard InChI is InChI=1S/C21H28N2O5/c1-3-27-19-8-14-7-12(2)28-18(14)10-16(19)15-9-17(15)22-21(26)23-6-4-5-13(11-23)20(24)25/h8,10,12-13,15,17H,3-7,9,11H2,1-2H3,(H,22,26)(H,24,25). The maximum Gasteiger partial charge on any atom is 0.317 e. The number of benzene rings is 1. The molecule has 2 amide bonds. The van der Waals surface area contributed by atoms with E-state index in [4.69, 9.17) is 9.47 Å². The van der Waals surface area contributed by atoms with Gasteiger partial charge in [-0.2, -0.15) is 0 Å². The van der Waals surface area contributed by atoms with Gasteiger partial charge in [-0.15, -0.1) is 0 Å². The molecular formula is C21H28N2O5. The number of rotatable bonds is 5. The van der Waals surface area contributed by atoms with Crippen LogP contribution in [0.2, 0.25) is 0 Å². The van der Waals surface area contributed by atoms with Crippen LogP contribution in [-0.2, 0) is 11.2 Å². The summed E-state index contributed by atoms with van der Waals surface area (Å²) in [4.78, 5) is 25.5. The summed E-state index contributed by atoms with van der Waals surface area (Å²) in [5.41, 5.74) is 2.26. The molecule has 1 aliphatic carbocycles. The molecule has 0 bridgehead atoms. The summed E-state index contributed by atoms with van der Waals surface area (Å²) in [6, 6.07) is 4.04. The van der Waals surface area contributed by atoms with E-state index in [1.807, 2.05) is 6.92 Å². The number of aliphatic carboxylic acids is 1. The summed E-state index contributed by atoms with van der Waals surface area (Å²) in [6.45, 7) is 5.52. The van der Waals surface area contributed by atoms with Gasteiger partial charge in [0, 0.05) is 42.6 Å². The van der Waals surface area contributed by atoms with Crippen molar-refractivity contribution in [3.8, 4) is 11.5 Å². The molecule has 1 saturated heterocycles. The Kier molecular flexibility index (Phi) is 5.08. The van der Waals surface area contributed by atoms with Crippen LogP contribution in [0.25, 0.3) is 0 Å². The number of carboxylic acid groups (broad SMARTS) is 1. The average molecular weight is 388 g/mol. The molecule has 28 heavy (non-hydrogen) atoms. The van der Waals surface area contributed by atoms with Crippen LogP contribution >= 0.6 is 0 Å². The van der Waals surface area contributed by atoms with Gasteiger partial charge >= 0.3 is 12.0 Å². The number of ether oxygens (including phenoxy) is 2. The van der Waals surface area contributed by atoms with Crippen molar-refractivity contribution in [3.63, 3.8) is 0 Å². The van der Waals surface area contributed by atoms with Gasteiger partial charge in [0.1, 0.15) is 17.6 Å². The third kappa shape index (κ3) is 3.75. The van der Waals surface area contributed by atoms with Crippen LogP contribution in [-0.4, -0.2) is 53.8 Å². The summed E-state index contributed by atoms with van der Waals surface area (Å²) in [7, 11) is 0. The van der Waals surface area contributed by atoms with Crippen LogP contribution in [0, 0.1) is 5.92 Å². The highest BCUT2D eigenvalue weighted by atomic mass is 16.5. The van der Waals surface area contributed by atoms with Crippen molar-refractivity contribution >= 4 is 12.0 Å². The first kappa shape index (κ1) is 18.9. The number of nitrogens with zero attached hydrogens (tertiary/aromatic N) is 1. The zero-order valence-electron chi connectivity index (χ0n) is 16.4. The fourth-order valence-corrected chi connectivity index (χ4v) is 4.34. The van der Waals surface area contributed by atoms with Gasteiger partial charge in [-0.05, 0) is 45.2 Å². The average Bonchev–Trinajstić information content (AvgIpc) is 3.32. The van der Waals surface area contributed by atoms with Crippen molar-refractivity contribution in [1.29, 1.82) is 0 Å². The molecular weight excluding hydrogens is 360 g/mol. The molecule has 2 aliphatic heterocycles. The first-order valence-electron chi connectivity index (χ1n) is 10.2. The number of amides is 2. The van der Waals surface area contributed by atoms with Gasteiger partial charge in [-0.25, -0.2) is 4.79 Å². The zero-order valence-corrected chi connectivity index (χ0v) is 16.4. The van der Waals surface area contributed by atoms with E-state index in [0.717, 1.165) is 36.3 Å². The van der Waals surface area contributed by atoms with Gasteiger partial charge in [-0.1, -0.05) is 0 Å². The highest BCUT2D eigenvalue weighted by molar-refractivity contribution is 5.77. The van der Waals surface area contributed by atoms with Gasteiger partial charge in [0.15, 0.2) is 0 Å². The maximum atomic E-state index is 12.6. The topological polar surface area (TPSA) is 88.1 Å². The molecule has 0 radical (unpaired) electrons. The summed E-state index contributed by atoms with van der Waals surface area (Å²) < 4.78 is 11.8. The normalized spacial score (nSPS) is 28.3. The fraction of sp³-hybridized carbons (Fsp3) is 0.619. The van der Waals surface area contributed by atoms with Crippen LogP contribution in [0.4, 0.5) is 4.79 Å². The van der Waals surface area contributed by atoms with Crippen LogP contribution in [0.1, 0.15) is 50.2 Å². The molecule has 3 aliphatic rings. The van der Waals surface area contributed by atoms with Gasteiger partial charge < -0.3 is 24.8 Å². The molecule has 152 valence electrons.